The normalized spacial score (nSPS) is 17.8. The summed E-state index contributed by atoms with van der Waals surface area (Å²) in [6.07, 6.45) is 3.43. The van der Waals surface area contributed by atoms with Crippen LogP contribution in [0.3, 0.4) is 0 Å². The number of halogens is 1. The van der Waals surface area contributed by atoms with Crippen molar-refractivity contribution in [1.82, 2.24) is 14.9 Å². The lowest BCUT2D eigenvalue weighted by molar-refractivity contribution is -0.122. The van der Waals surface area contributed by atoms with Gasteiger partial charge in [-0.15, -0.1) is 0 Å². The van der Waals surface area contributed by atoms with Gasteiger partial charge in [0, 0.05) is 18.2 Å². The molecule has 2 heterocycles. The van der Waals surface area contributed by atoms with Gasteiger partial charge in [-0.25, -0.2) is 4.98 Å². The molecule has 1 fully saturated rings. The number of fused-ring (bicyclic) bond motifs is 1. The molecule has 0 radical (unpaired) electrons. The summed E-state index contributed by atoms with van der Waals surface area (Å²) >= 11 is 5.90. The highest BCUT2D eigenvalue weighted by molar-refractivity contribution is 6.31. The molecule has 0 bridgehead atoms. The lowest BCUT2D eigenvalue weighted by atomic mass is 10.2. The molecule has 0 spiro atoms. The Hall–Kier alpha value is -1.92. The lowest BCUT2D eigenvalue weighted by Gasteiger charge is -2.11. The minimum absolute atomic E-state index is 0.0684. The molecule has 0 aliphatic carbocycles. The van der Waals surface area contributed by atoms with Crippen LogP contribution in [-0.4, -0.2) is 34.7 Å². The summed E-state index contributed by atoms with van der Waals surface area (Å²) < 4.78 is 6.72. The first-order valence-electron chi connectivity index (χ1n) is 7.16. The molecule has 1 unspecified atom stereocenters. The Morgan fingerprint density at radius 3 is 3.14 bits per heavy atom. The van der Waals surface area contributed by atoms with Crippen LogP contribution in [0.2, 0.25) is 5.02 Å². The average Bonchev–Trinajstić information content (AvgIpc) is 3.02. The number of carbonyl (C=O) groups is 1. The Balaban J connectivity index is 1.71. The van der Waals surface area contributed by atoms with E-state index in [1.807, 2.05) is 0 Å². The van der Waals surface area contributed by atoms with Crippen LogP contribution >= 0.6 is 11.6 Å². The van der Waals surface area contributed by atoms with Gasteiger partial charge in [0.15, 0.2) is 0 Å². The van der Waals surface area contributed by atoms with Crippen LogP contribution in [0.4, 0.5) is 0 Å². The predicted octanol–water partition coefficient (Wildman–Crippen LogP) is 1.35. The Bertz CT molecular complexity index is 753. The van der Waals surface area contributed by atoms with Crippen LogP contribution in [0, 0.1) is 0 Å². The zero-order valence-corrected chi connectivity index (χ0v) is 12.7. The van der Waals surface area contributed by atoms with Gasteiger partial charge in [0.25, 0.3) is 5.56 Å². The van der Waals surface area contributed by atoms with Crippen molar-refractivity contribution in [3.63, 3.8) is 0 Å². The fourth-order valence-electron chi connectivity index (χ4n) is 2.49. The van der Waals surface area contributed by atoms with E-state index in [9.17, 15) is 9.59 Å². The summed E-state index contributed by atoms with van der Waals surface area (Å²) in [4.78, 5) is 28.5. The molecule has 1 aliphatic rings. The third-order valence-electron chi connectivity index (χ3n) is 3.65. The molecule has 2 aromatic rings. The number of aromatic nitrogens is 2. The molecule has 3 rings (SSSR count). The maximum absolute atomic E-state index is 12.3. The van der Waals surface area contributed by atoms with Crippen LogP contribution in [0.5, 0.6) is 0 Å². The van der Waals surface area contributed by atoms with Crippen LogP contribution in [0.25, 0.3) is 10.9 Å². The van der Waals surface area contributed by atoms with Gasteiger partial charge in [0.2, 0.25) is 5.91 Å². The molecule has 1 aliphatic heterocycles. The van der Waals surface area contributed by atoms with E-state index in [0.29, 0.717) is 22.5 Å². The molecule has 1 aromatic heterocycles. The van der Waals surface area contributed by atoms with Crippen molar-refractivity contribution >= 4 is 28.4 Å². The first kappa shape index (κ1) is 15.0. The second-order valence-electron chi connectivity index (χ2n) is 5.28. The van der Waals surface area contributed by atoms with Gasteiger partial charge in [-0.1, -0.05) is 11.6 Å². The molecule has 1 amide bonds. The van der Waals surface area contributed by atoms with E-state index in [0.717, 1.165) is 19.4 Å². The smallest absolute Gasteiger partial charge is 0.261 e. The zero-order valence-electron chi connectivity index (χ0n) is 11.9. The van der Waals surface area contributed by atoms with Gasteiger partial charge < -0.3 is 10.1 Å². The van der Waals surface area contributed by atoms with E-state index in [-0.39, 0.29) is 24.1 Å². The van der Waals surface area contributed by atoms with Crippen molar-refractivity contribution in [3.05, 3.63) is 39.9 Å². The largest absolute Gasteiger partial charge is 0.376 e. The minimum Gasteiger partial charge on any atom is -0.376 e. The number of carbonyl (C=O) groups excluding carboxylic acids is 1. The van der Waals surface area contributed by atoms with E-state index in [4.69, 9.17) is 16.3 Å². The maximum Gasteiger partial charge on any atom is 0.261 e. The summed E-state index contributed by atoms with van der Waals surface area (Å²) in [6.45, 7) is 1.15. The van der Waals surface area contributed by atoms with Crippen LogP contribution in [0.1, 0.15) is 12.8 Å². The standard InChI is InChI=1S/C15H16ClN3O3/c16-10-3-4-13-12(6-10)15(21)19(9-18-13)8-14(20)17-7-11-2-1-5-22-11/h3-4,6,9,11H,1-2,5,7-8H2,(H,17,20). The molecule has 116 valence electrons. The summed E-state index contributed by atoms with van der Waals surface area (Å²) in [7, 11) is 0. The molecule has 7 heteroatoms. The van der Waals surface area contributed by atoms with Crippen molar-refractivity contribution in [1.29, 1.82) is 0 Å². The average molecular weight is 322 g/mol. The van der Waals surface area contributed by atoms with Crippen LogP contribution < -0.4 is 10.9 Å². The van der Waals surface area contributed by atoms with Gasteiger partial charge in [-0.3, -0.25) is 14.2 Å². The maximum atomic E-state index is 12.3. The second kappa shape index (κ2) is 6.46. The number of hydrogen-bond donors (Lipinski definition) is 1. The number of hydrogen-bond acceptors (Lipinski definition) is 4. The molecular weight excluding hydrogens is 306 g/mol. The predicted molar refractivity (Wildman–Crippen MR) is 83.0 cm³/mol. The van der Waals surface area contributed by atoms with Gasteiger partial charge in [-0.2, -0.15) is 0 Å². The Kier molecular flexibility index (Phi) is 4.40. The topological polar surface area (TPSA) is 73.2 Å². The summed E-state index contributed by atoms with van der Waals surface area (Å²) in [6, 6.07) is 4.92. The minimum atomic E-state index is -0.278. The Morgan fingerprint density at radius 2 is 2.36 bits per heavy atom. The fraction of sp³-hybridized carbons (Fsp3) is 0.400. The fourth-order valence-corrected chi connectivity index (χ4v) is 2.66. The van der Waals surface area contributed by atoms with E-state index in [2.05, 4.69) is 10.3 Å². The molecule has 1 aromatic carbocycles. The second-order valence-corrected chi connectivity index (χ2v) is 5.71. The number of nitrogens with one attached hydrogen (secondary N) is 1. The van der Waals surface area contributed by atoms with Crippen molar-refractivity contribution in [2.45, 2.75) is 25.5 Å². The third kappa shape index (κ3) is 3.28. The molecule has 1 saturated heterocycles. The van der Waals surface area contributed by atoms with Gasteiger partial charge >= 0.3 is 0 Å². The van der Waals surface area contributed by atoms with Crippen molar-refractivity contribution < 1.29 is 9.53 Å². The quantitative estimate of drug-likeness (QED) is 0.922. The number of nitrogens with zero attached hydrogens (tertiary/aromatic N) is 2. The highest BCUT2D eigenvalue weighted by Crippen LogP contribution is 2.14. The molecular formula is C15H16ClN3O3. The van der Waals surface area contributed by atoms with E-state index in [1.165, 1.54) is 10.9 Å². The highest BCUT2D eigenvalue weighted by Gasteiger charge is 2.16. The van der Waals surface area contributed by atoms with E-state index < -0.39 is 0 Å². The summed E-state index contributed by atoms with van der Waals surface area (Å²) in [5.74, 6) is -0.235. The zero-order chi connectivity index (χ0) is 15.5. The SMILES string of the molecule is O=C(Cn1cnc2ccc(Cl)cc2c1=O)NCC1CCCO1. The van der Waals surface area contributed by atoms with Crippen molar-refractivity contribution in [3.8, 4) is 0 Å². The number of amides is 1. The van der Waals surface area contributed by atoms with Gasteiger partial charge in [-0.05, 0) is 31.0 Å². The van der Waals surface area contributed by atoms with Crippen molar-refractivity contribution in [2.24, 2.45) is 0 Å². The van der Waals surface area contributed by atoms with E-state index in [1.54, 1.807) is 18.2 Å². The van der Waals surface area contributed by atoms with Crippen molar-refractivity contribution in [2.75, 3.05) is 13.2 Å². The van der Waals surface area contributed by atoms with Gasteiger partial charge in [0.05, 0.1) is 23.3 Å². The van der Waals surface area contributed by atoms with Crippen LogP contribution in [0.15, 0.2) is 29.3 Å². The monoisotopic (exact) mass is 321 g/mol. The van der Waals surface area contributed by atoms with Gasteiger partial charge in [0.1, 0.15) is 6.54 Å². The Morgan fingerprint density at radius 1 is 1.50 bits per heavy atom. The molecule has 22 heavy (non-hydrogen) atoms. The lowest BCUT2D eigenvalue weighted by Crippen LogP contribution is -2.36. The Labute approximate surface area is 132 Å². The first-order chi connectivity index (χ1) is 10.6. The van der Waals surface area contributed by atoms with E-state index >= 15 is 0 Å². The number of benzene rings is 1. The summed E-state index contributed by atoms with van der Waals surface area (Å²) in [5, 5.41) is 3.65. The molecule has 1 atom stereocenters. The highest BCUT2D eigenvalue weighted by atomic mass is 35.5. The summed E-state index contributed by atoms with van der Waals surface area (Å²) in [5.41, 5.74) is 0.283. The number of ether oxygens (including phenoxy) is 1. The number of rotatable bonds is 4. The first-order valence-corrected chi connectivity index (χ1v) is 7.54. The molecule has 6 nitrogen and oxygen atoms in total. The third-order valence-corrected chi connectivity index (χ3v) is 3.89. The van der Waals surface area contributed by atoms with Crippen LogP contribution in [-0.2, 0) is 16.1 Å². The molecule has 0 saturated carbocycles. The molecule has 1 N–H and O–H groups in total.